The molecule has 4 nitrogen and oxygen atoms in total. The van der Waals surface area contributed by atoms with Crippen molar-refractivity contribution in [3.05, 3.63) is 87.3 Å². The van der Waals surface area contributed by atoms with Crippen LogP contribution in [-0.2, 0) is 19.3 Å². The summed E-state index contributed by atoms with van der Waals surface area (Å²) in [6.45, 7) is 0. The van der Waals surface area contributed by atoms with Crippen LogP contribution >= 0.6 is 11.3 Å². The summed E-state index contributed by atoms with van der Waals surface area (Å²) in [6.07, 6.45) is 4.63. The van der Waals surface area contributed by atoms with Crippen molar-refractivity contribution in [2.45, 2.75) is 44.2 Å². The molecule has 3 aliphatic rings. The van der Waals surface area contributed by atoms with E-state index in [0.717, 1.165) is 53.8 Å². The molecular weight excluding hydrogens is 392 g/mol. The van der Waals surface area contributed by atoms with Crippen LogP contribution in [0.3, 0.4) is 0 Å². The fourth-order valence-electron chi connectivity index (χ4n) is 5.26. The number of hydrogen-bond donors (Lipinski definition) is 1. The van der Waals surface area contributed by atoms with Gasteiger partial charge in [-0.3, -0.25) is 14.5 Å². The fourth-order valence-corrected chi connectivity index (χ4v) is 6.68. The quantitative estimate of drug-likeness (QED) is 0.662. The third-order valence-electron chi connectivity index (χ3n) is 6.64. The number of aryl methyl sites for hydroxylation is 1. The number of hydrogen-bond acceptors (Lipinski definition) is 3. The Hall–Kier alpha value is -2.92. The van der Waals surface area contributed by atoms with E-state index >= 15 is 0 Å². The molecule has 0 bridgehead atoms. The maximum absolute atomic E-state index is 13.6. The summed E-state index contributed by atoms with van der Waals surface area (Å²) in [5, 5.41) is 4.08. The molecule has 1 aromatic heterocycles. The highest BCUT2D eigenvalue weighted by Crippen LogP contribution is 2.47. The van der Waals surface area contributed by atoms with Gasteiger partial charge in [0.15, 0.2) is 0 Å². The van der Waals surface area contributed by atoms with E-state index in [1.807, 2.05) is 47.4 Å². The molecule has 30 heavy (non-hydrogen) atoms. The zero-order valence-electron chi connectivity index (χ0n) is 16.6. The van der Waals surface area contributed by atoms with Crippen molar-refractivity contribution < 1.29 is 9.59 Å². The zero-order valence-corrected chi connectivity index (χ0v) is 17.4. The van der Waals surface area contributed by atoms with Gasteiger partial charge in [0, 0.05) is 16.4 Å². The predicted octanol–water partition coefficient (Wildman–Crippen LogP) is 4.68. The van der Waals surface area contributed by atoms with E-state index in [2.05, 4.69) is 17.4 Å². The molecule has 2 amide bonds. The number of rotatable bonds is 2. The summed E-state index contributed by atoms with van der Waals surface area (Å²) in [5.74, 6) is -0.00632. The van der Waals surface area contributed by atoms with Gasteiger partial charge in [-0.2, -0.15) is 0 Å². The lowest BCUT2D eigenvalue weighted by Crippen LogP contribution is -2.60. The van der Waals surface area contributed by atoms with Gasteiger partial charge in [0.1, 0.15) is 11.2 Å². The summed E-state index contributed by atoms with van der Waals surface area (Å²) in [4.78, 5) is 30.0. The predicted molar refractivity (Wildman–Crippen MR) is 118 cm³/mol. The first-order chi connectivity index (χ1) is 14.7. The molecule has 0 spiro atoms. The highest BCUT2D eigenvalue weighted by Gasteiger charge is 2.47. The molecule has 5 heteroatoms. The van der Waals surface area contributed by atoms with Crippen LogP contribution in [0.25, 0.3) is 0 Å². The molecule has 6 rings (SSSR count). The number of amides is 2. The topological polar surface area (TPSA) is 49.4 Å². The van der Waals surface area contributed by atoms with Gasteiger partial charge in [0.2, 0.25) is 0 Å². The molecule has 0 fully saturated rings. The molecule has 0 radical (unpaired) electrons. The minimum atomic E-state index is -0.354. The molecule has 2 aromatic carbocycles. The van der Waals surface area contributed by atoms with Crippen LogP contribution in [0.4, 0.5) is 5.00 Å². The summed E-state index contributed by atoms with van der Waals surface area (Å²) in [6, 6.07) is 18.2. The van der Waals surface area contributed by atoms with Crippen molar-refractivity contribution in [3.8, 4) is 0 Å². The lowest BCUT2D eigenvalue weighted by Gasteiger charge is -2.44. The Kier molecular flexibility index (Phi) is 4.06. The van der Waals surface area contributed by atoms with E-state index in [1.165, 1.54) is 16.0 Å². The monoisotopic (exact) mass is 414 g/mol. The Bertz CT molecular complexity index is 1170. The van der Waals surface area contributed by atoms with Gasteiger partial charge in [0.05, 0.1) is 5.56 Å². The maximum Gasteiger partial charge on any atom is 0.260 e. The molecule has 150 valence electrons. The number of anilines is 1. The first-order valence-electron chi connectivity index (χ1n) is 10.6. The highest BCUT2D eigenvalue weighted by atomic mass is 32.1. The first kappa shape index (κ1) is 17.9. The molecule has 2 unspecified atom stereocenters. The van der Waals surface area contributed by atoms with Crippen molar-refractivity contribution in [2.24, 2.45) is 0 Å². The molecule has 1 aliphatic carbocycles. The van der Waals surface area contributed by atoms with E-state index in [4.69, 9.17) is 0 Å². The maximum atomic E-state index is 13.6. The van der Waals surface area contributed by atoms with Crippen molar-refractivity contribution in [3.63, 3.8) is 0 Å². The van der Waals surface area contributed by atoms with Gasteiger partial charge in [-0.25, -0.2) is 0 Å². The van der Waals surface area contributed by atoms with Crippen LogP contribution in [0.5, 0.6) is 0 Å². The van der Waals surface area contributed by atoms with Gasteiger partial charge in [-0.15, -0.1) is 11.3 Å². The van der Waals surface area contributed by atoms with E-state index in [1.54, 1.807) is 11.3 Å². The third kappa shape index (κ3) is 2.58. The number of thiophene rings is 1. The Morgan fingerprint density at radius 2 is 1.73 bits per heavy atom. The van der Waals surface area contributed by atoms with Crippen LogP contribution in [0.1, 0.15) is 61.0 Å². The largest absolute Gasteiger partial charge is 0.331 e. The van der Waals surface area contributed by atoms with E-state index < -0.39 is 0 Å². The lowest BCUT2D eigenvalue weighted by molar-refractivity contribution is 0.0877. The third-order valence-corrected chi connectivity index (χ3v) is 7.94. The normalized spacial score (nSPS) is 21.9. The van der Waals surface area contributed by atoms with Crippen LogP contribution in [0, 0.1) is 0 Å². The van der Waals surface area contributed by atoms with Crippen LogP contribution < -0.4 is 10.2 Å². The summed E-state index contributed by atoms with van der Waals surface area (Å²) >= 11 is 1.66. The number of fused-ring (bicyclic) bond motifs is 6. The second-order valence-corrected chi connectivity index (χ2v) is 9.45. The molecule has 0 saturated carbocycles. The zero-order chi connectivity index (χ0) is 20.2. The average Bonchev–Trinajstić information content (AvgIpc) is 3.17. The highest BCUT2D eigenvalue weighted by molar-refractivity contribution is 7.17. The number of nitrogens with one attached hydrogen (secondary N) is 1. The van der Waals surface area contributed by atoms with Crippen molar-refractivity contribution in [1.82, 2.24) is 5.32 Å². The molecule has 3 heterocycles. The Balaban J connectivity index is 1.52. The van der Waals surface area contributed by atoms with Crippen molar-refractivity contribution >= 4 is 28.2 Å². The number of nitrogens with zero attached hydrogens (tertiary/aromatic N) is 1. The van der Waals surface area contributed by atoms with E-state index in [0.29, 0.717) is 0 Å². The number of benzene rings is 2. The molecule has 3 aromatic rings. The summed E-state index contributed by atoms with van der Waals surface area (Å²) in [7, 11) is 0. The van der Waals surface area contributed by atoms with Gasteiger partial charge < -0.3 is 5.32 Å². The Labute approximate surface area is 179 Å². The first-order valence-corrected chi connectivity index (χ1v) is 11.5. The summed E-state index contributed by atoms with van der Waals surface area (Å²) < 4.78 is 0. The lowest BCUT2D eigenvalue weighted by atomic mass is 9.81. The van der Waals surface area contributed by atoms with Crippen LogP contribution in [-0.4, -0.2) is 18.0 Å². The van der Waals surface area contributed by atoms with Gasteiger partial charge in [0.25, 0.3) is 11.8 Å². The van der Waals surface area contributed by atoms with Crippen LogP contribution in [0.2, 0.25) is 0 Å². The fraction of sp³-hybridized carbons (Fsp3) is 0.280. The smallest absolute Gasteiger partial charge is 0.260 e. The Morgan fingerprint density at radius 1 is 0.967 bits per heavy atom. The molecule has 2 atom stereocenters. The summed E-state index contributed by atoms with van der Waals surface area (Å²) in [5.41, 5.74) is 4.90. The van der Waals surface area contributed by atoms with Gasteiger partial charge >= 0.3 is 0 Å². The van der Waals surface area contributed by atoms with Crippen molar-refractivity contribution in [1.29, 1.82) is 0 Å². The minimum Gasteiger partial charge on any atom is -0.331 e. The number of carbonyl (C=O) groups is 2. The SMILES string of the molecule is O=C1NC2C(Cc3ccccc3)c3ccccc3C(=O)N2c2sc3c(c21)CCCC3. The Morgan fingerprint density at radius 3 is 2.60 bits per heavy atom. The molecular formula is C25H22N2O2S. The second-order valence-electron chi connectivity index (χ2n) is 8.37. The van der Waals surface area contributed by atoms with Gasteiger partial charge in [-0.05, 0) is 54.9 Å². The molecule has 2 aliphatic heterocycles. The molecule has 0 saturated heterocycles. The van der Waals surface area contributed by atoms with Crippen LogP contribution in [0.15, 0.2) is 54.6 Å². The van der Waals surface area contributed by atoms with E-state index in [9.17, 15) is 9.59 Å². The molecule has 1 N–H and O–H groups in total. The van der Waals surface area contributed by atoms with E-state index in [-0.39, 0.29) is 23.9 Å². The second kappa shape index (κ2) is 6.81. The number of carbonyl (C=O) groups excluding carboxylic acids is 2. The average molecular weight is 415 g/mol. The van der Waals surface area contributed by atoms with Crippen molar-refractivity contribution in [2.75, 3.05) is 4.90 Å². The van der Waals surface area contributed by atoms with Gasteiger partial charge in [-0.1, -0.05) is 48.5 Å². The standard InChI is InChI=1S/C25H22N2O2S/c28-23-21-18-12-6-7-13-20(18)30-25(21)27-22(26-23)19(14-15-8-2-1-3-9-15)16-10-4-5-11-17(16)24(27)29/h1-5,8-11,19,22H,6-7,12-14H2,(H,26,28). The minimum absolute atomic E-state index is 0.000224.